The van der Waals surface area contributed by atoms with Crippen molar-refractivity contribution < 1.29 is 4.74 Å². The summed E-state index contributed by atoms with van der Waals surface area (Å²) in [6.45, 7) is 2.95. The lowest BCUT2D eigenvalue weighted by Gasteiger charge is -1.99. The Morgan fingerprint density at radius 3 is 3.18 bits per heavy atom. The maximum Gasteiger partial charge on any atom is 0.124 e. The van der Waals surface area contributed by atoms with E-state index in [0.29, 0.717) is 5.92 Å². The Labute approximate surface area is 66.0 Å². The van der Waals surface area contributed by atoms with Crippen LogP contribution in [0, 0.1) is 0 Å². The summed E-state index contributed by atoms with van der Waals surface area (Å²) >= 11 is 0. The standard InChI is InChI=1S/C9H11NO/c1-6-5-11-9-4-7(10)2-3-8(6)9/h2-4,6H,5,10H2,1H3. The molecule has 0 radical (unpaired) electrons. The fraction of sp³-hybridized carbons (Fsp3) is 0.333. The Morgan fingerprint density at radius 2 is 2.36 bits per heavy atom. The molecule has 1 aliphatic heterocycles. The molecular weight excluding hydrogens is 138 g/mol. The third kappa shape index (κ3) is 0.946. The first-order chi connectivity index (χ1) is 5.27. The molecule has 0 aliphatic carbocycles. The minimum atomic E-state index is 0.519. The van der Waals surface area contributed by atoms with Gasteiger partial charge in [-0.25, -0.2) is 0 Å². The molecule has 1 atom stereocenters. The molecule has 0 spiro atoms. The summed E-state index contributed by atoms with van der Waals surface area (Å²) in [5.41, 5.74) is 7.65. The molecule has 1 heterocycles. The zero-order chi connectivity index (χ0) is 7.84. The van der Waals surface area contributed by atoms with Crippen molar-refractivity contribution in [1.29, 1.82) is 0 Å². The second-order valence-corrected chi connectivity index (χ2v) is 3.01. The predicted octanol–water partition coefficient (Wildman–Crippen LogP) is 1.76. The normalized spacial score (nSPS) is 21.0. The predicted molar refractivity (Wildman–Crippen MR) is 44.8 cm³/mol. The van der Waals surface area contributed by atoms with E-state index >= 15 is 0 Å². The molecule has 0 saturated heterocycles. The first kappa shape index (κ1) is 6.53. The Hall–Kier alpha value is -1.18. The SMILES string of the molecule is CC1COc2cc(N)ccc21. The van der Waals surface area contributed by atoms with Gasteiger partial charge in [-0.15, -0.1) is 0 Å². The average molecular weight is 149 g/mol. The molecule has 0 bridgehead atoms. The van der Waals surface area contributed by atoms with Gasteiger partial charge >= 0.3 is 0 Å². The highest BCUT2D eigenvalue weighted by molar-refractivity contribution is 5.51. The van der Waals surface area contributed by atoms with E-state index in [2.05, 4.69) is 6.92 Å². The van der Waals surface area contributed by atoms with Crippen LogP contribution in [0.1, 0.15) is 18.4 Å². The number of rotatable bonds is 0. The number of fused-ring (bicyclic) bond motifs is 1. The first-order valence-electron chi connectivity index (χ1n) is 3.79. The Morgan fingerprint density at radius 1 is 1.55 bits per heavy atom. The third-order valence-electron chi connectivity index (χ3n) is 2.06. The molecule has 0 fully saturated rings. The molecule has 1 aliphatic rings. The molecule has 2 heteroatoms. The van der Waals surface area contributed by atoms with Crippen molar-refractivity contribution in [3.8, 4) is 5.75 Å². The lowest BCUT2D eigenvalue weighted by molar-refractivity contribution is 0.337. The van der Waals surface area contributed by atoms with Crippen molar-refractivity contribution in [3.63, 3.8) is 0 Å². The van der Waals surface area contributed by atoms with Crippen molar-refractivity contribution in [2.24, 2.45) is 0 Å². The molecule has 1 aromatic rings. The number of hydrogen-bond donors (Lipinski definition) is 1. The van der Waals surface area contributed by atoms with Crippen LogP contribution in [0.25, 0.3) is 0 Å². The summed E-state index contributed by atoms with van der Waals surface area (Å²) in [5, 5.41) is 0. The highest BCUT2D eigenvalue weighted by Gasteiger charge is 2.19. The van der Waals surface area contributed by atoms with Gasteiger partial charge in [0.25, 0.3) is 0 Å². The first-order valence-corrected chi connectivity index (χ1v) is 3.79. The van der Waals surface area contributed by atoms with Crippen LogP contribution in [0.2, 0.25) is 0 Å². The number of nitrogens with two attached hydrogens (primary N) is 1. The number of nitrogen functional groups attached to an aromatic ring is 1. The summed E-state index contributed by atoms with van der Waals surface area (Å²) in [5.74, 6) is 1.48. The van der Waals surface area contributed by atoms with Crippen LogP contribution in [0.4, 0.5) is 5.69 Å². The van der Waals surface area contributed by atoms with Gasteiger partial charge in [0.1, 0.15) is 5.75 Å². The van der Waals surface area contributed by atoms with Gasteiger partial charge in [-0.05, 0) is 6.07 Å². The molecule has 0 saturated carbocycles. The monoisotopic (exact) mass is 149 g/mol. The van der Waals surface area contributed by atoms with Crippen molar-refractivity contribution in [2.45, 2.75) is 12.8 Å². The third-order valence-corrected chi connectivity index (χ3v) is 2.06. The summed E-state index contributed by atoms with van der Waals surface area (Å²) < 4.78 is 5.41. The fourth-order valence-corrected chi connectivity index (χ4v) is 1.39. The summed E-state index contributed by atoms with van der Waals surface area (Å²) in [6.07, 6.45) is 0. The van der Waals surface area contributed by atoms with E-state index in [1.165, 1.54) is 5.56 Å². The van der Waals surface area contributed by atoms with Crippen LogP contribution < -0.4 is 10.5 Å². The van der Waals surface area contributed by atoms with Gasteiger partial charge in [0, 0.05) is 23.2 Å². The largest absolute Gasteiger partial charge is 0.493 e. The van der Waals surface area contributed by atoms with Gasteiger partial charge in [0.05, 0.1) is 6.61 Å². The molecule has 2 nitrogen and oxygen atoms in total. The van der Waals surface area contributed by atoms with Crippen LogP contribution in [0.15, 0.2) is 18.2 Å². The van der Waals surface area contributed by atoms with E-state index in [4.69, 9.17) is 10.5 Å². The van der Waals surface area contributed by atoms with Gasteiger partial charge in [-0.3, -0.25) is 0 Å². The van der Waals surface area contributed by atoms with E-state index < -0.39 is 0 Å². The Kier molecular flexibility index (Phi) is 1.28. The molecule has 0 amide bonds. The van der Waals surface area contributed by atoms with Crippen molar-refractivity contribution >= 4 is 5.69 Å². The van der Waals surface area contributed by atoms with E-state index in [1.807, 2.05) is 18.2 Å². The summed E-state index contributed by atoms with van der Waals surface area (Å²) in [4.78, 5) is 0. The maximum atomic E-state index is 5.60. The van der Waals surface area contributed by atoms with Crippen LogP contribution in [0.5, 0.6) is 5.75 Å². The minimum absolute atomic E-state index is 0.519. The molecular formula is C9H11NO. The zero-order valence-electron chi connectivity index (χ0n) is 6.50. The van der Waals surface area contributed by atoms with Crippen LogP contribution in [-0.4, -0.2) is 6.61 Å². The van der Waals surface area contributed by atoms with E-state index in [-0.39, 0.29) is 0 Å². The van der Waals surface area contributed by atoms with Crippen LogP contribution >= 0.6 is 0 Å². The number of ether oxygens (including phenoxy) is 1. The number of benzene rings is 1. The highest BCUT2D eigenvalue weighted by Crippen LogP contribution is 2.34. The average Bonchev–Trinajstić information content (AvgIpc) is 2.32. The highest BCUT2D eigenvalue weighted by atomic mass is 16.5. The summed E-state index contributed by atoms with van der Waals surface area (Å²) in [7, 11) is 0. The second kappa shape index (κ2) is 2.16. The maximum absolute atomic E-state index is 5.60. The van der Waals surface area contributed by atoms with Crippen molar-refractivity contribution in [2.75, 3.05) is 12.3 Å². The van der Waals surface area contributed by atoms with Gasteiger partial charge in [0.15, 0.2) is 0 Å². The molecule has 11 heavy (non-hydrogen) atoms. The molecule has 1 aromatic carbocycles. The number of anilines is 1. The van der Waals surface area contributed by atoms with E-state index in [0.717, 1.165) is 18.0 Å². The lowest BCUT2D eigenvalue weighted by Crippen LogP contribution is -1.93. The quantitative estimate of drug-likeness (QED) is 0.570. The molecule has 2 rings (SSSR count). The lowest BCUT2D eigenvalue weighted by atomic mass is 10.0. The minimum Gasteiger partial charge on any atom is -0.493 e. The molecule has 2 N–H and O–H groups in total. The smallest absolute Gasteiger partial charge is 0.124 e. The second-order valence-electron chi connectivity index (χ2n) is 3.01. The van der Waals surface area contributed by atoms with Crippen LogP contribution in [-0.2, 0) is 0 Å². The van der Waals surface area contributed by atoms with Crippen molar-refractivity contribution in [1.82, 2.24) is 0 Å². The summed E-state index contributed by atoms with van der Waals surface area (Å²) in [6, 6.07) is 5.85. The van der Waals surface area contributed by atoms with E-state index in [9.17, 15) is 0 Å². The van der Waals surface area contributed by atoms with Crippen LogP contribution in [0.3, 0.4) is 0 Å². The van der Waals surface area contributed by atoms with Gasteiger partial charge in [-0.2, -0.15) is 0 Å². The van der Waals surface area contributed by atoms with E-state index in [1.54, 1.807) is 0 Å². The van der Waals surface area contributed by atoms with Crippen molar-refractivity contribution in [3.05, 3.63) is 23.8 Å². The van der Waals surface area contributed by atoms with Gasteiger partial charge in [-0.1, -0.05) is 13.0 Å². The molecule has 0 aromatic heterocycles. The Bertz CT molecular complexity index is 283. The Balaban J connectivity index is 2.50. The number of hydrogen-bond acceptors (Lipinski definition) is 2. The molecule has 58 valence electrons. The zero-order valence-corrected chi connectivity index (χ0v) is 6.50. The fourth-order valence-electron chi connectivity index (χ4n) is 1.39. The molecule has 1 unspecified atom stereocenters. The van der Waals surface area contributed by atoms with Gasteiger partial charge in [0.2, 0.25) is 0 Å². The van der Waals surface area contributed by atoms with Gasteiger partial charge < -0.3 is 10.5 Å². The topological polar surface area (TPSA) is 35.2 Å².